The number of hydroxylamine groups is 1. The summed E-state index contributed by atoms with van der Waals surface area (Å²) in [5, 5.41) is 9.46. The van der Waals surface area contributed by atoms with Crippen LogP contribution in [0.15, 0.2) is 0 Å². The summed E-state index contributed by atoms with van der Waals surface area (Å²) in [6, 6.07) is 0. The molecule has 0 spiro atoms. The molecule has 1 saturated heterocycles. The summed E-state index contributed by atoms with van der Waals surface area (Å²) in [6.07, 6.45) is 0. The highest BCUT2D eigenvalue weighted by molar-refractivity contribution is 7.55. The highest BCUT2D eigenvalue weighted by atomic mass is 32.1. The van der Waals surface area contributed by atoms with Crippen molar-refractivity contribution >= 4 is 12.8 Å². The van der Waals surface area contributed by atoms with E-state index in [0.717, 1.165) is 5.17 Å². The summed E-state index contributed by atoms with van der Waals surface area (Å²) in [4.78, 5) is 0. The fourth-order valence-electron chi connectivity index (χ4n) is 0.414. The lowest BCUT2D eigenvalue weighted by atomic mass is 10.7. The van der Waals surface area contributed by atoms with Crippen LogP contribution in [-0.4, -0.2) is 27.9 Å². The fourth-order valence-corrected chi connectivity index (χ4v) is 0.590. The molecule has 0 aromatic heterocycles. The van der Waals surface area contributed by atoms with Crippen LogP contribution >= 0.6 is 0 Å². The lowest BCUT2D eigenvalue weighted by Crippen LogP contribution is -2.33. The second-order valence-electron chi connectivity index (χ2n) is 1.33. The van der Waals surface area contributed by atoms with E-state index in [9.17, 15) is 0 Å². The smallest absolute Gasteiger partial charge is 0.0533 e. The van der Waals surface area contributed by atoms with Crippen LogP contribution < -0.4 is 5.53 Å². The van der Waals surface area contributed by atoms with Gasteiger partial charge in [-0.3, -0.25) is 5.21 Å². The quantitative estimate of drug-likeness (QED) is 0.396. The van der Waals surface area contributed by atoms with Gasteiger partial charge in [0.2, 0.25) is 0 Å². The van der Waals surface area contributed by atoms with Crippen molar-refractivity contribution in [3.63, 3.8) is 0 Å². The zero-order valence-corrected chi connectivity index (χ0v) is 4.48. The molecular formula is C2H6N3OS-. The Kier molecular flexibility index (Phi) is 1.50. The van der Waals surface area contributed by atoms with Crippen LogP contribution in [0.2, 0.25) is 0 Å². The first-order valence-electron chi connectivity index (χ1n) is 1.96. The second kappa shape index (κ2) is 1.97. The van der Waals surface area contributed by atoms with E-state index >= 15 is 0 Å². The van der Waals surface area contributed by atoms with Gasteiger partial charge < -0.3 is 17.2 Å². The van der Waals surface area contributed by atoms with E-state index in [2.05, 4.69) is 18.3 Å². The molecule has 1 rings (SSSR count). The van der Waals surface area contributed by atoms with Crippen LogP contribution in [0.4, 0.5) is 0 Å². The average Bonchev–Trinajstić information content (AvgIpc) is 1.87. The van der Waals surface area contributed by atoms with E-state index in [1.165, 1.54) is 4.41 Å². The van der Waals surface area contributed by atoms with Gasteiger partial charge in [0.15, 0.2) is 0 Å². The van der Waals surface area contributed by atoms with Crippen molar-refractivity contribution in [2.45, 2.75) is 0 Å². The molecule has 0 radical (unpaired) electrons. The first kappa shape index (κ1) is 5.33. The van der Waals surface area contributed by atoms with E-state index in [0.29, 0.717) is 13.1 Å². The van der Waals surface area contributed by atoms with Gasteiger partial charge in [-0.25, -0.2) is 0 Å². The average molecular weight is 120 g/mol. The molecule has 0 unspecified atom stereocenters. The van der Waals surface area contributed by atoms with Gasteiger partial charge in [-0.1, -0.05) is 0 Å². The molecule has 0 aromatic carbocycles. The number of hydrogen-bond acceptors (Lipinski definition) is 5. The third-order valence-electron chi connectivity index (χ3n) is 0.742. The molecule has 0 aromatic rings. The maximum atomic E-state index is 8.51. The number of nitrogens with zero attached hydrogens (tertiary/aromatic N) is 2. The van der Waals surface area contributed by atoms with Crippen LogP contribution in [0.5, 0.6) is 0 Å². The van der Waals surface area contributed by atoms with Gasteiger partial charge in [-0.05, 0) is 0 Å². The highest BCUT2D eigenvalue weighted by Crippen LogP contribution is 1.88. The molecule has 0 bridgehead atoms. The van der Waals surface area contributed by atoms with Crippen LogP contribution in [0.3, 0.4) is 0 Å². The van der Waals surface area contributed by atoms with Crippen molar-refractivity contribution < 1.29 is 5.21 Å². The van der Waals surface area contributed by atoms with Gasteiger partial charge in [0, 0.05) is 6.54 Å². The summed E-state index contributed by atoms with van der Waals surface area (Å²) in [6.45, 7) is 1.26. The molecule has 7 heavy (non-hydrogen) atoms. The summed E-state index contributed by atoms with van der Waals surface area (Å²) in [5.41, 5.74) is 2.45. The van der Waals surface area contributed by atoms with Crippen LogP contribution in [0, 0.1) is 0 Å². The molecule has 1 aliphatic rings. The lowest BCUT2D eigenvalue weighted by molar-refractivity contribution is -0.128. The molecule has 1 aliphatic heterocycles. The molecule has 42 valence electrons. The number of hydrazine groups is 2. The van der Waals surface area contributed by atoms with Crippen molar-refractivity contribution in [1.82, 2.24) is 15.1 Å². The minimum atomic E-state index is 0.573. The minimum absolute atomic E-state index is 0.573. The fraction of sp³-hybridized carbons (Fsp3) is 1.00. The molecule has 0 aliphatic carbocycles. The largest absolute Gasteiger partial charge is 0.682 e. The molecule has 5 heteroatoms. The Balaban J connectivity index is 2.26. The predicted octanol–water partition coefficient (Wildman–Crippen LogP) is -1.13. The van der Waals surface area contributed by atoms with Gasteiger partial charge in [0.1, 0.15) is 0 Å². The Hall–Kier alpha value is 0.190. The first-order chi connectivity index (χ1) is 3.29. The molecule has 0 amide bonds. The van der Waals surface area contributed by atoms with E-state index in [1.807, 2.05) is 0 Å². The minimum Gasteiger partial charge on any atom is -0.682 e. The van der Waals surface area contributed by atoms with Crippen molar-refractivity contribution in [1.29, 1.82) is 0 Å². The standard InChI is InChI=1S/C2H6N3OS/c6-4-1-2-5(7)3-4/h3,6H,1-2H2/q-1. The molecule has 1 heterocycles. The zero-order valence-electron chi connectivity index (χ0n) is 3.66. The molecule has 2 N–H and O–H groups in total. The molecule has 4 nitrogen and oxygen atoms in total. The normalized spacial score (nSPS) is 26.6. The van der Waals surface area contributed by atoms with Gasteiger partial charge in [-0.15, -0.1) is 5.17 Å². The summed E-state index contributed by atoms with van der Waals surface area (Å²) >= 11 is 4.60. The van der Waals surface area contributed by atoms with Gasteiger partial charge in [0.25, 0.3) is 0 Å². The maximum Gasteiger partial charge on any atom is 0.0533 e. The second-order valence-corrected chi connectivity index (χ2v) is 1.77. The third kappa shape index (κ3) is 1.29. The molecule has 1 fully saturated rings. The number of nitrogens with one attached hydrogen (secondary N) is 1. The molecule has 0 atom stereocenters. The Morgan fingerprint density at radius 2 is 2.29 bits per heavy atom. The van der Waals surface area contributed by atoms with Crippen LogP contribution in [0.1, 0.15) is 0 Å². The zero-order chi connectivity index (χ0) is 5.28. The van der Waals surface area contributed by atoms with Gasteiger partial charge in [0.05, 0.1) is 6.54 Å². The Morgan fingerprint density at radius 3 is 2.43 bits per heavy atom. The van der Waals surface area contributed by atoms with Crippen LogP contribution in [0.25, 0.3) is 0 Å². The van der Waals surface area contributed by atoms with E-state index in [1.54, 1.807) is 0 Å². The summed E-state index contributed by atoms with van der Waals surface area (Å²) in [5.74, 6) is 0. The Labute approximate surface area is 47.1 Å². The van der Waals surface area contributed by atoms with E-state index < -0.39 is 0 Å². The molecule has 0 saturated carbocycles. The van der Waals surface area contributed by atoms with Crippen molar-refractivity contribution in [2.24, 2.45) is 0 Å². The monoisotopic (exact) mass is 120 g/mol. The van der Waals surface area contributed by atoms with Gasteiger partial charge in [-0.2, -0.15) is 5.53 Å². The topological polar surface area (TPSA) is 38.7 Å². The van der Waals surface area contributed by atoms with Gasteiger partial charge >= 0.3 is 0 Å². The predicted molar refractivity (Wildman–Crippen MR) is 25.7 cm³/mol. The van der Waals surface area contributed by atoms with Crippen molar-refractivity contribution in [3.8, 4) is 0 Å². The highest BCUT2D eigenvalue weighted by Gasteiger charge is 2.05. The Morgan fingerprint density at radius 1 is 1.57 bits per heavy atom. The SMILES string of the molecule is ON1CCN([S-])N1. The third-order valence-corrected chi connectivity index (χ3v) is 1.01. The first-order valence-corrected chi connectivity index (χ1v) is 2.33. The lowest BCUT2D eigenvalue weighted by Gasteiger charge is -2.20. The van der Waals surface area contributed by atoms with E-state index in [-0.39, 0.29) is 0 Å². The summed E-state index contributed by atoms with van der Waals surface area (Å²) in [7, 11) is 0. The van der Waals surface area contributed by atoms with Crippen molar-refractivity contribution in [2.75, 3.05) is 13.1 Å². The number of hydrogen-bond donors (Lipinski definition) is 2. The maximum absolute atomic E-state index is 8.51. The van der Waals surface area contributed by atoms with Crippen LogP contribution in [-0.2, 0) is 12.8 Å². The number of rotatable bonds is 0. The summed E-state index contributed by atoms with van der Waals surface area (Å²) < 4.78 is 1.39. The van der Waals surface area contributed by atoms with E-state index in [4.69, 9.17) is 5.21 Å². The Bertz CT molecular complexity index is 62.0. The van der Waals surface area contributed by atoms with Crippen molar-refractivity contribution in [3.05, 3.63) is 0 Å². The molecular weight excluding hydrogens is 114 g/mol.